The van der Waals surface area contributed by atoms with Crippen molar-refractivity contribution in [1.82, 2.24) is 10.2 Å². The molecule has 0 bridgehead atoms. The molecular weight excluding hydrogens is 264 g/mol. The van der Waals surface area contributed by atoms with Gasteiger partial charge in [0.25, 0.3) is 0 Å². The zero-order valence-electron chi connectivity index (χ0n) is 14.2. The predicted octanol–water partition coefficient (Wildman–Crippen LogP) is 3.55. The molecular formula is C17H32N2O2. The van der Waals surface area contributed by atoms with Gasteiger partial charge in [0.1, 0.15) is 5.60 Å². The Morgan fingerprint density at radius 2 is 2.00 bits per heavy atom. The zero-order valence-corrected chi connectivity index (χ0v) is 14.2. The van der Waals surface area contributed by atoms with Crippen molar-refractivity contribution in [1.29, 1.82) is 0 Å². The summed E-state index contributed by atoms with van der Waals surface area (Å²) in [6.07, 6.45) is 7.36. The lowest BCUT2D eigenvalue weighted by molar-refractivity contribution is 0.0379. The molecule has 122 valence electrons. The Balaban J connectivity index is 1.83. The number of piperidine rings is 1. The van der Waals surface area contributed by atoms with Crippen LogP contribution in [-0.4, -0.2) is 41.8 Å². The lowest BCUT2D eigenvalue weighted by atomic mass is 9.77. The van der Waals surface area contributed by atoms with Crippen molar-refractivity contribution in [2.24, 2.45) is 5.92 Å². The van der Waals surface area contributed by atoms with E-state index in [0.29, 0.717) is 6.04 Å². The summed E-state index contributed by atoms with van der Waals surface area (Å²) in [5.41, 5.74) is -0.420. The van der Waals surface area contributed by atoms with Crippen molar-refractivity contribution in [2.45, 2.75) is 83.9 Å². The first-order chi connectivity index (χ1) is 9.89. The van der Waals surface area contributed by atoms with Crippen molar-refractivity contribution < 1.29 is 9.53 Å². The third kappa shape index (κ3) is 4.87. The lowest BCUT2D eigenvalue weighted by Crippen LogP contribution is -2.53. The van der Waals surface area contributed by atoms with Gasteiger partial charge < -0.3 is 10.1 Å². The number of ether oxygens (including phenoxy) is 1. The van der Waals surface area contributed by atoms with E-state index in [9.17, 15) is 4.79 Å². The fourth-order valence-electron chi connectivity index (χ4n) is 3.61. The van der Waals surface area contributed by atoms with E-state index in [1.807, 2.05) is 20.8 Å². The summed E-state index contributed by atoms with van der Waals surface area (Å²) in [6, 6.07) is 0.949. The number of carbonyl (C=O) groups is 1. The molecule has 0 spiro atoms. The summed E-state index contributed by atoms with van der Waals surface area (Å²) >= 11 is 0. The Hall–Kier alpha value is -0.770. The summed E-state index contributed by atoms with van der Waals surface area (Å²) < 4.78 is 5.37. The summed E-state index contributed by atoms with van der Waals surface area (Å²) in [7, 11) is 0. The van der Waals surface area contributed by atoms with E-state index >= 15 is 0 Å². The third-order valence-corrected chi connectivity index (χ3v) is 4.75. The topological polar surface area (TPSA) is 41.6 Å². The first kappa shape index (κ1) is 16.6. The lowest BCUT2D eigenvalue weighted by Gasteiger charge is -2.44. The molecule has 2 fully saturated rings. The van der Waals surface area contributed by atoms with Crippen LogP contribution in [0.2, 0.25) is 0 Å². The van der Waals surface area contributed by atoms with E-state index in [1.54, 1.807) is 0 Å². The Bertz CT molecular complexity index is 347. The Labute approximate surface area is 129 Å². The standard InChI is InChI=1S/C17H32N2O2/c1-5-15(13-8-6-9-13)19-11-7-10-14(12-19)18-16(20)21-17(2,3)4/h13-15H,5-12H2,1-4H3,(H,18,20). The molecule has 0 aromatic carbocycles. The number of hydrogen-bond acceptors (Lipinski definition) is 3. The van der Waals surface area contributed by atoms with Crippen molar-refractivity contribution in [3.05, 3.63) is 0 Å². The van der Waals surface area contributed by atoms with Crippen LogP contribution in [0.15, 0.2) is 0 Å². The van der Waals surface area contributed by atoms with Gasteiger partial charge in [-0.3, -0.25) is 4.90 Å². The number of carbonyl (C=O) groups excluding carboxylic acids is 1. The fourth-order valence-corrected chi connectivity index (χ4v) is 3.61. The maximum absolute atomic E-state index is 11.9. The molecule has 1 aliphatic heterocycles. The van der Waals surface area contributed by atoms with Crippen LogP contribution in [0.25, 0.3) is 0 Å². The molecule has 1 N–H and O–H groups in total. The highest BCUT2D eigenvalue weighted by atomic mass is 16.6. The number of hydrogen-bond donors (Lipinski definition) is 1. The Morgan fingerprint density at radius 1 is 1.29 bits per heavy atom. The number of nitrogens with zero attached hydrogens (tertiary/aromatic N) is 1. The quantitative estimate of drug-likeness (QED) is 0.862. The Morgan fingerprint density at radius 3 is 2.52 bits per heavy atom. The zero-order chi connectivity index (χ0) is 15.5. The normalized spacial score (nSPS) is 26.0. The second-order valence-electron chi connectivity index (χ2n) is 7.65. The van der Waals surface area contributed by atoms with Gasteiger partial charge in [0.2, 0.25) is 0 Å². The van der Waals surface area contributed by atoms with Crippen molar-refractivity contribution in [3.8, 4) is 0 Å². The minimum Gasteiger partial charge on any atom is -0.444 e. The van der Waals surface area contributed by atoms with Gasteiger partial charge in [-0.1, -0.05) is 13.3 Å². The number of amides is 1. The van der Waals surface area contributed by atoms with Crippen LogP contribution in [0.3, 0.4) is 0 Å². The van der Waals surface area contributed by atoms with E-state index < -0.39 is 5.60 Å². The van der Waals surface area contributed by atoms with Crippen LogP contribution in [0.4, 0.5) is 4.79 Å². The van der Waals surface area contributed by atoms with Crippen molar-refractivity contribution in [2.75, 3.05) is 13.1 Å². The smallest absolute Gasteiger partial charge is 0.407 e. The fraction of sp³-hybridized carbons (Fsp3) is 0.941. The highest BCUT2D eigenvalue weighted by Crippen LogP contribution is 2.34. The molecule has 2 atom stereocenters. The number of nitrogens with one attached hydrogen (secondary N) is 1. The van der Waals surface area contributed by atoms with Crippen LogP contribution < -0.4 is 5.32 Å². The molecule has 1 amide bonds. The van der Waals surface area contributed by atoms with Gasteiger partial charge in [0.05, 0.1) is 0 Å². The first-order valence-corrected chi connectivity index (χ1v) is 8.62. The van der Waals surface area contributed by atoms with Crippen LogP contribution in [0, 0.1) is 5.92 Å². The third-order valence-electron chi connectivity index (χ3n) is 4.75. The van der Waals surface area contributed by atoms with Crippen molar-refractivity contribution >= 4 is 6.09 Å². The van der Waals surface area contributed by atoms with Gasteiger partial charge in [-0.25, -0.2) is 4.79 Å². The molecule has 1 aliphatic carbocycles. The molecule has 1 saturated carbocycles. The average molecular weight is 296 g/mol. The maximum Gasteiger partial charge on any atom is 0.407 e. The number of likely N-dealkylation sites (tertiary alicyclic amines) is 1. The molecule has 0 aromatic rings. The molecule has 2 unspecified atom stereocenters. The monoisotopic (exact) mass is 296 g/mol. The molecule has 4 heteroatoms. The van der Waals surface area contributed by atoms with Gasteiger partial charge in [0.15, 0.2) is 0 Å². The van der Waals surface area contributed by atoms with E-state index in [2.05, 4.69) is 17.1 Å². The highest BCUT2D eigenvalue weighted by Gasteiger charge is 2.33. The molecule has 21 heavy (non-hydrogen) atoms. The van der Waals surface area contributed by atoms with Crippen LogP contribution in [0.1, 0.15) is 66.2 Å². The highest BCUT2D eigenvalue weighted by molar-refractivity contribution is 5.68. The minimum atomic E-state index is -0.420. The predicted molar refractivity (Wildman–Crippen MR) is 85.4 cm³/mol. The van der Waals surface area contributed by atoms with E-state index in [4.69, 9.17) is 4.74 Å². The molecule has 4 nitrogen and oxygen atoms in total. The summed E-state index contributed by atoms with van der Waals surface area (Å²) in [4.78, 5) is 14.5. The van der Waals surface area contributed by atoms with Gasteiger partial charge >= 0.3 is 6.09 Å². The van der Waals surface area contributed by atoms with Crippen LogP contribution >= 0.6 is 0 Å². The summed E-state index contributed by atoms with van der Waals surface area (Å²) in [6.45, 7) is 10.2. The molecule has 1 saturated heterocycles. The second kappa shape index (κ2) is 6.99. The van der Waals surface area contributed by atoms with Crippen LogP contribution in [0.5, 0.6) is 0 Å². The van der Waals surface area contributed by atoms with Gasteiger partial charge in [-0.05, 0) is 65.3 Å². The molecule has 0 radical (unpaired) electrons. The first-order valence-electron chi connectivity index (χ1n) is 8.62. The van der Waals surface area contributed by atoms with E-state index in [0.717, 1.165) is 18.9 Å². The summed E-state index contributed by atoms with van der Waals surface area (Å²) in [5, 5.41) is 3.06. The second-order valence-corrected chi connectivity index (χ2v) is 7.65. The number of rotatable bonds is 4. The van der Waals surface area contributed by atoms with Gasteiger partial charge in [-0.2, -0.15) is 0 Å². The van der Waals surface area contributed by atoms with E-state index in [-0.39, 0.29) is 12.1 Å². The van der Waals surface area contributed by atoms with Gasteiger partial charge in [-0.15, -0.1) is 0 Å². The van der Waals surface area contributed by atoms with Gasteiger partial charge in [0, 0.05) is 18.6 Å². The van der Waals surface area contributed by atoms with Crippen LogP contribution in [-0.2, 0) is 4.74 Å². The Kier molecular flexibility index (Phi) is 5.53. The summed E-state index contributed by atoms with van der Waals surface area (Å²) in [5.74, 6) is 0.885. The SMILES string of the molecule is CCC(C1CCC1)N1CCCC(NC(=O)OC(C)(C)C)C1. The maximum atomic E-state index is 11.9. The average Bonchev–Trinajstić information content (AvgIpc) is 2.31. The molecule has 2 rings (SSSR count). The molecule has 1 heterocycles. The van der Waals surface area contributed by atoms with Crippen molar-refractivity contribution in [3.63, 3.8) is 0 Å². The number of alkyl carbamates (subject to hydrolysis) is 1. The molecule has 2 aliphatic rings. The largest absolute Gasteiger partial charge is 0.444 e. The van der Waals surface area contributed by atoms with E-state index in [1.165, 1.54) is 38.6 Å². The molecule has 0 aromatic heterocycles. The minimum absolute atomic E-state index is 0.239.